The van der Waals surface area contributed by atoms with Gasteiger partial charge in [-0.1, -0.05) is 6.42 Å². The summed E-state index contributed by atoms with van der Waals surface area (Å²) >= 11 is 0. The molecular formula is C10H16N2O2. The summed E-state index contributed by atoms with van der Waals surface area (Å²) in [4.78, 5) is 11.2. The highest BCUT2D eigenvalue weighted by Gasteiger charge is 2.35. The number of nitriles is 1. The quantitative estimate of drug-likeness (QED) is 0.734. The molecule has 4 heteroatoms. The zero-order valence-corrected chi connectivity index (χ0v) is 8.51. The summed E-state index contributed by atoms with van der Waals surface area (Å²) in [7, 11) is 0. The van der Waals surface area contributed by atoms with Gasteiger partial charge in [0, 0.05) is 19.4 Å². The molecule has 0 saturated heterocycles. The van der Waals surface area contributed by atoms with Crippen LogP contribution in [0.15, 0.2) is 0 Å². The van der Waals surface area contributed by atoms with E-state index in [4.69, 9.17) is 10.00 Å². The van der Waals surface area contributed by atoms with E-state index in [1.807, 2.05) is 6.92 Å². The third kappa shape index (κ3) is 2.63. The summed E-state index contributed by atoms with van der Waals surface area (Å²) in [6, 6.07) is 2.12. The Labute approximate surface area is 84.2 Å². The molecule has 0 bridgehead atoms. The lowest BCUT2D eigenvalue weighted by Gasteiger charge is -2.29. The van der Waals surface area contributed by atoms with Crippen LogP contribution in [0.4, 0.5) is 4.79 Å². The second kappa shape index (κ2) is 4.85. The van der Waals surface area contributed by atoms with Crippen LogP contribution in [-0.4, -0.2) is 18.2 Å². The van der Waals surface area contributed by atoms with E-state index < -0.39 is 11.7 Å². The molecule has 0 radical (unpaired) electrons. The van der Waals surface area contributed by atoms with Crippen molar-refractivity contribution >= 4 is 6.09 Å². The number of carbonyl (C=O) groups is 1. The van der Waals surface area contributed by atoms with Crippen molar-refractivity contribution in [1.29, 1.82) is 5.26 Å². The van der Waals surface area contributed by atoms with E-state index in [2.05, 4.69) is 11.4 Å². The number of amides is 1. The molecule has 14 heavy (non-hydrogen) atoms. The Balaban J connectivity index is 2.52. The number of nitrogens with zero attached hydrogens (tertiary/aromatic N) is 1. The molecule has 1 N–H and O–H groups in total. The van der Waals surface area contributed by atoms with E-state index in [0.29, 0.717) is 19.4 Å². The van der Waals surface area contributed by atoms with Crippen LogP contribution in [0.2, 0.25) is 0 Å². The van der Waals surface area contributed by atoms with Gasteiger partial charge in [0.25, 0.3) is 0 Å². The van der Waals surface area contributed by atoms with Crippen molar-refractivity contribution < 1.29 is 9.53 Å². The van der Waals surface area contributed by atoms with Gasteiger partial charge in [-0.25, -0.2) is 4.79 Å². The number of hydrogen-bond donors (Lipinski definition) is 1. The predicted molar refractivity (Wildman–Crippen MR) is 51.6 cm³/mol. The van der Waals surface area contributed by atoms with Gasteiger partial charge in [-0.3, -0.25) is 0 Å². The smallest absolute Gasteiger partial charge is 0.408 e. The Morgan fingerprint density at radius 2 is 2.14 bits per heavy atom. The third-order valence-corrected chi connectivity index (χ3v) is 2.47. The highest BCUT2D eigenvalue weighted by molar-refractivity contribution is 5.68. The summed E-state index contributed by atoms with van der Waals surface area (Å²) in [5.41, 5.74) is -0.864. The van der Waals surface area contributed by atoms with Crippen molar-refractivity contribution in [2.75, 3.05) is 6.54 Å². The molecule has 78 valence electrons. The highest BCUT2D eigenvalue weighted by atomic mass is 16.6. The van der Waals surface area contributed by atoms with E-state index >= 15 is 0 Å². The standard InChI is InChI=1S/C10H16N2O2/c1-2-12-9(13)14-10(8-11)6-4-3-5-7-10/h2-7H2,1H3,(H,12,13). The number of hydrogen-bond acceptors (Lipinski definition) is 3. The van der Waals surface area contributed by atoms with Crippen LogP contribution in [0.25, 0.3) is 0 Å². The molecular weight excluding hydrogens is 180 g/mol. The third-order valence-electron chi connectivity index (χ3n) is 2.47. The molecule has 1 fully saturated rings. The normalized spacial score (nSPS) is 19.4. The van der Waals surface area contributed by atoms with Crippen LogP contribution in [0.5, 0.6) is 0 Å². The fraction of sp³-hybridized carbons (Fsp3) is 0.800. The molecule has 0 unspecified atom stereocenters. The van der Waals surface area contributed by atoms with Crippen LogP contribution in [0.3, 0.4) is 0 Å². The van der Waals surface area contributed by atoms with Crippen molar-refractivity contribution in [2.45, 2.75) is 44.6 Å². The maximum absolute atomic E-state index is 11.2. The molecule has 0 spiro atoms. The van der Waals surface area contributed by atoms with Crippen molar-refractivity contribution in [3.63, 3.8) is 0 Å². The van der Waals surface area contributed by atoms with Crippen LogP contribution < -0.4 is 5.32 Å². The molecule has 0 aliphatic heterocycles. The Morgan fingerprint density at radius 1 is 1.50 bits per heavy atom. The van der Waals surface area contributed by atoms with Gasteiger partial charge in [0.2, 0.25) is 0 Å². The zero-order valence-electron chi connectivity index (χ0n) is 8.51. The van der Waals surface area contributed by atoms with Crippen LogP contribution in [0.1, 0.15) is 39.0 Å². The molecule has 0 heterocycles. The van der Waals surface area contributed by atoms with Crippen molar-refractivity contribution in [3.8, 4) is 6.07 Å². The second-order valence-electron chi connectivity index (χ2n) is 3.59. The van der Waals surface area contributed by atoms with E-state index in [1.54, 1.807) is 0 Å². The maximum Gasteiger partial charge on any atom is 0.408 e. The van der Waals surface area contributed by atoms with E-state index in [-0.39, 0.29) is 0 Å². The first kappa shape index (κ1) is 10.8. The molecule has 0 aromatic carbocycles. The molecule has 1 aliphatic carbocycles. The fourth-order valence-electron chi connectivity index (χ4n) is 1.72. The Kier molecular flexibility index (Phi) is 3.75. The molecule has 0 atom stereocenters. The summed E-state index contributed by atoms with van der Waals surface area (Å²) in [6.07, 6.45) is 3.92. The molecule has 0 aromatic rings. The van der Waals surface area contributed by atoms with Gasteiger partial charge in [0.05, 0.1) is 0 Å². The number of ether oxygens (including phenoxy) is 1. The SMILES string of the molecule is CCNC(=O)OC1(C#N)CCCCC1. The van der Waals surface area contributed by atoms with E-state index in [0.717, 1.165) is 19.3 Å². The minimum Gasteiger partial charge on any atom is -0.427 e. The summed E-state index contributed by atoms with van der Waals surface area (Å²) in [6.45, 7) is 2.35. The molecule has 1 amide bonds. The monoisotopic (exact) mass is 196 g/mol. The average molecular weight is 196 g/mol. The molecule has 1 rings (SSSR count). The largest absolute Gasteiger partial charge is 0.427 e. The number of rotatable bonds is 2. The Bertz CT molecular complexity index is 239. The Hall–Kier alpha value is -1.24. The molecule has 1 aliphatic rings. The number of alkyl carbamates (subject to hydrolysis) is 1. The lowest BCUT2D eigenvalue weighted by atomic mass is 9.86. The molecule has 1 saturated carbocycles. The van der Waals surface area contributed by atoms with Gasteiger partial charge in [0.1, 0.15) is 6.07 Å². The van der Waals surface area contributed by atoms with Gasteiger partial charge < -0.3 is 10.1 Å². The van der Waals surface area contributed by atoms with Crippen molar-refractivity contribution in [3.05, 3.63) is 0 Å². The lowest BCUT2D eigenvalue weighted by molar-refractivity contribution is 0.0262. The van der Waals surface area contributed by atoms with Gasteiger partial charge >= 0.3 is 6.09 Å². The van der Waals surface area contributed by atoms with E-state index in [9.17, 15) is 4.79 Å². The lowest BCUT2D eigenvalue weighted by Crippen LogP contribution is -2.39. The summed E-state index contributed by atoms with van der Waals surface area (Å²) in [5.74, 6) is 0. The Morgan fingerprint density at radius 3 is 2.64 bits per heavy atom. The fourth-order valence-corrected chi connectivity index (χ4v) is 1.72. The predicted octanol–water partition coefficient (Wildman–Crippen LogP) is 1.96. The minimum absolute atomic E-state index is 0.476. The summed E-state index contributed by atoms with van der Waals surface area (Å²) in [5, 5.41) is 11.5. The van der Waals surface area contributed by atoms with Crippen LogP contribution in [-0.2, 0) is 4.74 Å². The molecule has 4 nitrogen and oxygen atoms in total. The molecule has 0 aromatic heterocycles. The first-order valence-electron chi connectivity index (χ1n) is 5.10. The topological polar surface area (TPSA) is 62.1 Å². The maximum atomic E-state index is 11.2. The van der Waals surface area contributed by atoms with Crippen LogP contribution >= 0.6 is 0 Å². The first-order chi connectivity index (χ1) is 6.72. The minimum atomic E-state index is -0.864. The number of nitrogens with one attached hydrogen (secondary N) is 1. The average Bonchev–Trinajstić information content (AvgIpc) is 2.19. The van der Waals surface area contributed by atoms with Gasteiger partial charge in [0.15, 0.2) is 5.60 Å². The van der Waals surface area contributed by atoms with Crippen molar-refractivity contribution in [1.82, 2.24) is 5.32 Å². The highest BCUT2D eigenvalue weighted by Crippen LogP contribution is 2.30. The van der Waals surface area contributed by atoms with Crippen molar-refractivity contribution in [2.24, 2.45) is 0 Å². The van der Waals surface area contributed by atoms with Gasteiger partial charge in [-0.2, -0.15) is 5.26 Å². The van der Waals surface area contributed by atoms with E-state index in [1.165, 1.54) is 0 Å². The van der Waals surface area contributed by atoms with Gasteiger partial charge in [-0.05, 0) is 19.8 Å². The number of carbonyl (C=O) groups excluding carboxylic acids is 1. The van der Waals surface area contributed by atoms with Gasteiger partial charge in [-0.15, -0.1) is 0 Å². The summed E-state index contributed by atoms with van der Waals surface area (Å²) < 4.78 is 5.16. The zero-order chi connectivity index (χ0) is 10.4. The van der Waals surface area contributed by atoms with Crippen LogP contribution in [0, 0.1) is 11.3 Å². The second-order valence-corrected chi connectivity index (χ2v) is 3.59. The first-order valence-corrected chi connectivity index (χ1v) is 5.10.